The number of nitrogens with zero attached hydrogens (tertiary/aromatic N) is 2. The van der Waals surface area contributed by atoms with Gasteiger partial charge in [-0.2, -0.15) is 4.39 Å². The molecule has 1 aromatic carbocycles. The number of hydrogen-bond donors (Lipinski definition) is 1. The Morgan fingerprint density at radius 3 is 2.54 bits per heavy atom. The van der Waals surface area contributed by atoms with Crippen LogP contribution >= 0.6 is 0 Å². The quantitative estimate of drug-likeness (QED) is 0.630. The Kier molecular flexibility index (Phi) is 5.78. The number of carbonyl (C=O) groups is 1. The lowest BCUT2D eigenvalue weighted by atomic mass is 10.1. The molecule has 6 nitrogen and oxygen atoms in total. The van der Waals surface area contributed by atoms with Crippen LogP contribution in [0, 0.1) is 11.6 Å². The van der Waals surface area contributed by atoms with Crippen molar-refractivity contribution in [3.63, 3.8) is 0 Å². The third-order valence-electron chi connectivity index (χ3n) is 3.87. The molecule has 0 bridgehead atoms. The van der Waals surface area contributed by atoms with Crippen LogP contribution in [0.1, 0.15) is 35.5 Å². The SMILES string of the molecule is CC[C@@H](Oc1ccc(C(=O)O)c(F)c1F)c1ccc(Oc2ccccn2)cn1. The second-order valence-electron chi connectivity index (χ2n) is 5.75. The molecule has 144 valence electrons. The van der Waals surface area contributed by atoms with Crippen LogP contribution in [0.15, 0.2) is 54.9 Å². The van der Waals surface area contributed by atoms with Gasteiger partial charge in [-0.1, -0.05) is 13.0 Å². The number of aromatic carboxylic acids is 1. The predicted molar refractivity (Wildman–Crippen MR) is 95.5 cm³/mol. The largest absolute Gasteiger partial charge is 0.481 e. The molecule has 0 spiro atoms. The van der Waals surface area contributed by atoms with E-state index in [4.69, 9.17) is 14.6 Å². The standard InChI is InChI=1S/C20H16F2N2O4/c1-2-15(28-16-9-7-13(20(25)26)18(21)19(16)22)14-8-6-12(11-24-14)27-17-5-3-4-10-23-17/h3-11,15H,2H2,1H3,(H,25,26)/t15-/m1/s1. The molecule has 3 rings (SSSR count). The number of ether oxygens (including phenoxy) is 2. The highest BCUT2D eigenvalue weighted by Crippen LogP contribution is 2.29. The number of hydrogen-bond acceptors (Lipinski definition) is 5. The maximum atomic E-state index is 14.1. The van der Waals surface area contributed by atoms with Crippen LogP contribution in [-0.4, -0.2) is 21.0 Å². The monoisotopic (exact) mass is 386 g/mol. The fourth-order valence-corrected chi connectivity index (χ4v) is 2.46. The van der Waals surface area contributed by atoms with Crippen LogP contribution in [0.2, 0.25) is 0 Å². The van der Waals surface area contributed by atoms with E-state index in [0.717, 1.165) is 12.1 Å². The van der Waals surface area contributed by atoms with Gasteiger partial charge in [0.15, 0.2) is 11.6 Å². The lowest BCUT2D eigenvalue weighted by molar-refractivity contribution is 0.0690. The van der Waals surface area contributed by atoms with E-state index < -0.39 is 29.3 Å². The second-order valence-corrected chi connectivity index (χ2v) is 5.75. The minimum absolute atomic E-state index is 0.384. The van der Waals surface area contributed by atoms with Gasteiger partial charge in [0.25, 0.3) is 0 Å². The second kappa shape index (κ2) is 8.43. The Bertz CT molecular complexity index is 966. The highest BCUT2D eigenvalue weighted by Gasteiger charge is 2.22. The molecule has 0 saturated heterocycles. The molecule has 0 unspecified atom stereocenters. The lowest BCUT2D eigenvalue weighted by Crippen LogP contribution is -2.11. The van der Waals surface area contributed by atoms with Gasteiger partial charge in [-0.15, -0.1) is 0 Å². The van der Waals surface area contributed by atoms with E-state index in [1.165, 1.54) is 6.20 Å². The van der Waals surface area contributed by atoms with Gasteiger partial charge in [0.1, 0.15) is 11.9 Å². The molecule has 0 saturated carbocycles. The summed E-state index contributed by atoms with van der Waals surface area (Å²) in [7, 11) is 0. The Balaban J connectivity index is 1.77. The topological polar surface area (TPSA) is 81.5 Å². The first-order chi connectivity index (χ1) is 13.5. The molecule has 3 aromatic rings. The van der Waals surface area contributed by atoms with E-state index in [9.17, 15) is 13.6 Å². The summed E-state index contributed by atoms with van der Waals surface area (Å²) < 4.78 is 39.1. The summed E-state index contributed by atoms with van der Waals surface area (Å²) in [6.45, 7) is 1.80. The molecule has 2 heterocycles. The number of aromatic nitrogens is 2. The molecule has 2 aromatic heterocycles. The molecule has 0 radical (unpaired) electrons. The van der Waals surface area contributed by atoms with Gasteiger partial charge in [0.2, 0.25) is 11.7 Å². The molecule has 1 N–H and O–H groups in total. The minimum Gasteiger partial charge on any atom is -0.481 e. The first-order valence-corrected chi connectivity index (χ1v) is 8.42. The van der Waals surface area contributed by atoms with Crippen molar-refractivity contribution < 1.29 is 28.2 Å². The van der Waals surface area contributed by atoms with Gasteiger partial charge in [-0.3, -0.25) is 4.98 Å². The molecule has 28 heavy (non-hydrogen) atoms. The van der Waals surface area contributed by atoms with Gasteiger partial charge in [0, 0.05) is 12.3 Å². The van der Waals surface area contributed by atoms with Crippen LogP contribution in [0.4, 0.5) is 8.78 Å². The van der Waals surface area contributed by atoms with Crippen molar-refractivity contribution >= 4 is 5.97 Å². The first kappa shape index (κ1) is 19.2. The summed E-state index contributed by atoms with van der Waals surface area (Å²) in [5.41, 5.74) is -0.273. The van der Waals surface area contributed by atoms with Crippen LogP contribution in [-0.2, 0) is 0 Å². The summed E-state index contributed by atoms with van der Waals surface area (Å²) in [5, 5.41) is 8.84. The van der Waals surface area contributed by atoms with Crippen LogP contribution in [0.3, 0.4) is 0 Å². The van der Waals surface area contributed by atoms with Crippen molar-refractivity contribution in [1.29, 1.82) is 0 Å². The van der Waals surface area contributed by atoms with E-state index in [1.54, 1.807) is 43.5 Å². The molecule has 0 aliphatic heterocycles. The minimum atomic E-state index is -1.56. The molecular weight excluding hydrogens is 370 g/mol. The molecule has 0 aliphatic rings. The van der Waals surface area contributed by atoms with Crippen molar-refractivity contribution in [2.45, 2.75) is 19.4 Å². The summed E-state index contributed by atoms with van der Waals surface area (Å²) in [5.74, 6) is -3.89. The highest BCUT2D eigenvalue weighted by molar-refractivity contribution is 5.88. The molecule has 1 atom stereocenters. The van der Waals surface area contributed by atoms with E-state index in [1.807, 2.05) is 0 Å². The zero-order valence-corrected chi connectivity index (χ0v) is 14.8. The Labute approximate surface area is 159 Å². The van der Waals surface area contributed by atoms with Gasteiger partial charge in [-0.25, -0.2) is 14.2 Å². The normalized spacial score (nSPS) is 11.7. The average molecular weight is 386 g/mol. The maximum Gasteiger partial charge on any atom is 0.338 e. The van der Waals surface area contributed by atoms with E-state index in [-0.39, 0.29) is 5.75 Å². The van der Waals surface area contributed by atoms with Gasteiger partial charge >= 0.3 is 5.97 Å². The number of halogens is 2. The van der Waals surface area contributed by atoms with Gasteiger partial charge < -0.3 is 14.6 Å². The third kappa shape index (κ3) is 4.22. The number of rotatable bonds is 7. The van der Waals surface area contributed by atoms with Crippen molar-refractivity contribution in [1.82, 2.24) is 9.97 Å². The third-order valence-corrected chi connectivity index (χ3v) is 3.87. The molecular formula is C20H16F2N2O4. The van der Waals surface area contributed by atoms with Crippen molar-refractivity contribution in [2.24, 2.45) is 0 Å². The summed E-state index contributed by atoms with van der Waals surface area (Å²) >= 11 is 0. The summed E-state index contributed by atoms with van der Waals surface area (Å²) in [6.07, 6.45) is 2.84. The van der Waals surface area contributed by atoms with Crippen LogP contribution in [0.5, 0.6) is 17.4 Å². The molecule has 0 fully saturated rings. The molecule has 0 amide bonds. The molecule has 0 aliphatic carbocycles. The number of carboxylic acid groups (broad SMARTS) is 1. The van der Waals surface area contributed by atoms with Crippen LogP contribution in [0.25, 0.3) is 0 Å². The highest BCUT2D eigenvalue weighted by atomic mass is 19.2. The van der Waals surface area contributed by atoms with Gasteiger partial charge in [-0.05, 0) is 36.8 Å². The maximum absolute atomic E-state index is 14.1. The van der Waals surface area contributed by atoms with Crippen molar-refractivity contribution in [3.8, 4) is 17.4 Å². The summed E-state index contributed by atoms with van der Waals surface area (Å²) in [6, 6.07) is 10.6. The van der Waals surface area contributed by atoms with Crippen molar-refractivity contribution in [3.05, 3.63) is 77.8 Å². The Hall–Kier alpha value is -3.55. The van der Waals surface area contributed by atoms with Gasteiger partial charge in [0.05, 0.1) is 17.5 Å². The zero-order valence-electron chi connectivity index (χ0n) is 14.8. The van der Waals surface area contributed by atoms with E-state index in [2.05, 4.69) is 9.97 Å². The number of pyridine rings is 2. The Morgan fingerprint density at radius 2 is 1.93 bits per heavy atom. The zero-order chi connectivity index (χ0) is 20.1. The molecule has 8 heteroatoms. The lowest BCUT2D eigenvalue weighted by Gasteiger charge is -2.18. The van der Waals surface area contributed by atoms with E-state index >= 15 is 0 Å². The predicted octanol–water partition coefficient (Wildman–Crippen LogP) is 4.78. The fourth-order valence-electron chi connectivity index (χ4n) is 2.46. The Morgan fingerprint density at radius 1 is 1.11 bits per heavy atom. The summed E-state index contributed by atoms with van der Waals surface area (Å²) in [4.78, 5) is 19.2. The number of benzene rings is 1. The average Bonchev–Trinajstić information content (AvgIpc) is 2.70. The smallest absolute Gasteiger partial charge is 0.338 e. The van der Waals surface area contributed by atoms with Crippen molar-refractivity contribution in [2.75, 3.05) is 0 Å². The van der Waals surface area contributed by atoms with E-state index in [0.29, 0.717) is 23.7 Å². The first-order valence-electron chi connectivity index (χ1n) is 8.42. The fraction of sp³-hybridized carbons (Fsp3) is 0.150. The van der Waals surface area contributed by atoms with Crippen LogP contribution < -0.4 is 9.47 Å². The number of carboxylic acids is 1.